The number of amides is 1. The Kier molecular flexibility index (Phi) is 4.94. The standard InChI is InChI=1S/C14H23NOSi/c1-4-5-10-14(2,3)13(16)15-11-6-8-12(17)9-7-11/h6-9H,4-5,10H2,1-3,17H3,(H,15,16). The number of rotatable bonds is 5. The van der Waals surface area contributed by atoms with Crippen molar-refractivity contribution < 1.29 is 4.79 Å². The smallest absolute Gasteiger partial charge is 0.230 e. The van der Waals surface area contributed by atoms with Crippen molar-refractivity contribution >= 4 is 27.0 Å². The molecule has 0 aliphatic heterocycles. The predicted molar refractivity (Wildman–Crippen MR) is 78.0 cm³/mol. The summed E-state index contributed by atoms with van der Waals surface area (Å²) in [5.74, 6) is 0.118. The molecule has 1 N–H and O–H groups in total. The molecule has 0 unspecified atom stereocenters. The lowest BCUT2D eigenvalue weighted by Crippen LogP contribution is -2.30. The van der Waals surface area contributed by atoms with Crippen LogP contribution in [0, 0.1) is 5.41 Å². The van der Waals surface area contributed by atoms with Crippen LogP contribution in [0.25, 0.3) is 0 Å². The highest BCUT2D eigenvalue weighted by Gasteiger charge is 2.26. The van der Waals surface area contributed by atoms with Gasteiger partial charge < -0.3 is 5.32 Å². The van der Waals surface area contributed by atoms with Crippen LogP contribution in [0.2, 0.25) is 0 Å². The van der Waals surface area contributed by atoms with Gasteiger partial charge in [0.25, 0.3) is 0 Å². The predicted octanol–water partition coefficient (Wildman–Crippen LogP) is 1.83. The Hall–Kier alpha value is -1.09. The van der Waals surface area contributed by atoms with Gasteiger partial charge in [0.2, 0.25) is 5.91 Å². The number of carbonyl (C=O) groups is 1. The maximum atomic E-state index is 12.1. The fourth-order valence-electron chi connectivity index (χ4n) is 1.67. The van der Waals surface area contributed by atoms with Crippen molar-refractivity contribution in [2.45, 2.75) is 40.0 Å². The normalized spacial score (nSPS) is 11.5. The van der Waals surface area contributed by atoms with Gasteiger partial charge >= 0.3 is 0 Å². The van der Waals surface area contributed by atoms with E-state index in [-0.39, 0.29) is 11.3 Å². The molecule has 0 aliphatic carbocycles. The number of anilines is 1. The van der Waals surface area contributed by atoms with E-state index in [9.17, 15) is 4.79 Å². The van der Waals surface area contributed by atoms with Crippen molar-refractivity contribution in [1.82, 2.24) is 0 Å². The monoisotopic (exact) mass is 249 g/mol. The molecule has 3 heteroatoms. The van der Waals surface area contributed by atoms with Crippen molar-refractivity contribution in [1.29, 1.82) is 0 Å². The first-order valence-electron chi connectivity index (χ1n) is 6.34. The van der Waals surface area contributed by atoms with Crippen LogP contribution in [0.1, 0.15) is 40.0 Å². The van der Waals surface area contributed by atoms with Crippen molar-refractivity contribution in [3.05, 3.63) is 24.3 Å². The van der Waals surface area contributed by atoms with E-state index in [0.29, 0.717) is 0 Å². The van der Waals surface area contributed by atoms with Crippen molar-refractivity contribution in [2.75, 3.05) is 5.32 Å². The van der Waals surface area contributed by atoms with Crippen LogP contribution in [-0.2, 0) is 4.79 Å². The highest BCUT2D eigenvalue weighted by atomic mass is 28.1. The first-order chi connectivity index (χ1) is 7.95. The van der Waals surface area contributed by atoms with Crippen LogP contribution >= 0.6 is 0 Å². The van der Waals surface area contributed by atoms with Gasteiger partial charge in [0.1, 0.15) is 0 Å². The van der Waals surface area contributed by atoms with Crippen molar-refractivity contribution in [3.63, 3.8) is 0 Å². The lowest BCUT2D eigenvalue weighted by atomic mass is 9.86. The SMILES string of the molecule is CCCCC(C)(C)C(=O)Nc1ccc([SiH3])cc1. The van der Waals surface area contributed by atoms with E-state index in [1.54, 1.807) is 0 Å². The van der Waals surface area contributed by atoms with Gasteiger partial charge in [-0.3, -0.25) is 4.79 Å². The quantitative estimate of drug-likeness (QED) is 0.793. The topological polar surface area (TPSA) is 29.1 Å². The average molecular weight is 249 g/mol. The number of hydrogen-bond acceptors (Lipinski definition) is 1. The molecule has 0 saturated heterocycles. The van der Waals surface area contributed by atoms with Gasteiger partial charge in [-0.05, 0) is 18.6 Å². The molecule has 0 heterocycles. The van der Waals surface area contributed by atoms with Crippen LogP contribution in [0.5, 0.6) is 0 Å². The molecule has 1 rings (SSSR count). The minimum Gasteiger partial charge on any atom is -0.326 e. The summed E-state index contributed by atoms with van der Waals surface area (Å²) in [6.07, 6.45) is 3.17. The summed E-state index contributed by atoms with van der Waals surface area (Å²) in [4.78, 5) is 12.1. The van der Waals surface area contributed by atoms with Crippen LogP contribution < -0.4 is 10.5 Å². The molecule has 0 saturated carbocycles. The Balaban J connectivity index is 2.62. The van der Waals surface area contributed by atoms with E-state index >= 15 is 0 Å². The van der Waals surface area contributed by atoms with Gasteiger partial charge in [-0.2, -0.15) is 0 Å². The van der Waals surface area contributed by atoms with E-state index < -0.39 is 0 Å². The first kappa shape index (κ1) is 14.0. The summed E-state index contributed by atoms with van der Waals surface area (Å²) in [5, 5.41) is 4.34. The molecule has 0 aliphatic rings. The fraction of sp³-hybridized carbons (Fsp3) is 0.500. The Morgan fingerprint density at radius 2 is 1.88 bits per heavy atom. The van der Waals surface area contributed by atoms with E-state index in [1.807, 2.05) is 26.0 Å². The molecule has 17 heavy (non-hydrogen) atoms. The lowest BCUT2D eigenvalue weighted by molar-refractivity contribution is -0.124. The van der Waals surface area contributed by atoms with Gasteiger partial charge in [0.05, 0.1) is 0 Å². The van der Waals surface area contributed by atoms with Gasteiger partial charge in [0.15, 0.2) is 0 Å². The molecule has 2 nitrogen and oxygen atoms in total. The summed E-state index contributed by atoms with van der Waals surface area (Å²) in [6, 6.07) is 8.11. The second-order valence-corrected chi connectivity index (χ2v) is 6.46. The van der Waals surface area contributed by atoms with Gasteiger partial charge in [-0.25, -0.2) is 0 Å². The molecule has 0 bridgehead atoms. The molecule has 0 aromatic heterocycles. The highest BCUT2D eigenvalue weighted by molar-refractivity contribution is 6.32. The Labute approximate surface area is 107 Å². The van der Waals surface area contributed by atoms with Crippen LogP contribution in [-0.4, -0.2) is 16.1 Å². The third-order valence-electron chi connectivity index (χ3n) is 3.08. The molecule has 0 atom stereocenters. The summed E-state index contributed by atoms with van der Waals surface area (Å²) in [7, 11) is 1.05. The highest BCUT2D eigenvalue weighted by Crippen LogP contribution is 2.25. The third-order valence-corrected chi connectivity index (χ3v) is 3.75. The zero-order chi connectivity index (χ0) is 12.9. The minimum absolute atomic E-state index is 0.118. The molecule has 0 radical (unpaired) electrons. The van der Waals surface area contributed by atoms with Gasteiger partial charge in [-0.15, -0.1) is 0 Å². The summed E-state index contributed by atoms with van der Waals surface area (Å²) in [5.41, 5.74) is 0.620. The average Bonchev–Trinajstić information content (AvgIpc) is 2.29. The maximum Gasteiger partial charge on any atom is 0.230 e. The molecule has 0 spiro atoms. The zero-order valence-electron chi connectivity index (χ0n) is 11.3. The van der Waals surface area contributed by atoms with E-state index in [4.69, 9.17) is 0 Å². The molecular weight excluding hydrogens is 226 g/mol. The Morgan fingerprint density at radius 1 is 1.29 bits per heavy atom. The summed E-state index contributed by atoms with van der Waals surface area (Å²) >= 11 is 0. The van der Waals surface area contributed by atoms with Gasteiger partial charge in [-0.1, -0.05) is 50.9 Å². The van der Waals surface area contributed by atoms with E-state index in [0.717, 1.165) is 35.2 Å². The number of carbonyl (C=O) groups excluding carboxylic acids is 1. The summed E-state index contributed by atoms with van der Waals surface area (Å²) in [6.45, 7) is 6.18. The Bertz CT molecular complexity index is 370. The van der Waals surface area contributed by atoms with Gasteiger partial charge in [0, 0.05) is 21.3 Å². The minimum atomic E-state index is -0.282. The molecule has 94 valence electrons. The van der Waals surface area contributed by atoms with Crippen LogP contribution in [0.4, 0.5) is 5.69 Å². The molecule has 1 aromatic rings. The second kappa shape index (κ2) is 6.01. The van der Waals surface area contributed by atoms with Crippen molar-refractivity contribution in [2.24, 2.45) is 5.41 Å². The Morgan fingerprint density at radius 3 is 2.41 bits per heavy atom. The number of benzene rings is 1. The fourth-order valence-corrected chi connectivity index (χ4v) is 2.00. The molecule has 1 amide bonds. The molecular formula is C14H23NOSi. The lowest BCUT2D eigenvalue weighted by Gasteiger charge is -2.23. The second-order valence-electron chi connectivity index (χ2n) is 5.31. The maximum absolute atomic E-state index is 12.1. The van der Waals surface area contributed by atoms with Crippen LogP contribution in [0.15, 0.2) is 24.3 Å². The molecule has 1 aromatic carbocycles. The largest absolute Gasteiger partial charge is 0.326 e. The van der Waals surface area contributed by atoms with E-state index in [2.05, 4.69) is 24.4 Å². The van der Waals surface area contributed by atoms with Crippen LogP contribution in [0.3, 0.4) is 0 Å². The summed E-state index contributed by atoms with van der Waals surface area (Å²) < 4.78 is 0. The molecule has 0 fully saturated rings. The zero-order valence-corrected chi connectivity index (χ0v) is 13.3. The third kappa shape index (κ3) is 4.34. The first-order valence-corrected chi connectivity index (χ1v) is 7.34. The number of unbranched alkanes of at least 4 members (excludes halogenated alkanes) is 1. The number of nitrogens with one attached hydrogen (secondary N) is 1. The number of hydrogen-bond donors (Lipinski definition) is 1. The van der Waals surface area contributed by atoms with E-state index in [1.165, 1.54) is 5.19 Å². The van der Waals surface area contributed by atoms with Crippen molar-refractivity contribution in [3.8, 4) is 0 Å².